The number of aliphatic imine (C=N–C) groups is 1. The van der Waals surface area contributed by atoms with E-state index in [0.29, 0.717) is 47.6 Å². The van der Waals surface area contributed by atoms with Gasteiger partial charge in [-0.2, -0.15) is 5.26 Å². The van der Waals surface area contributed by atoms with Crippen LogP contribution in [0.2, 0.25) is 0 Å². The summed E-state index contributed by atoms with van der Waals surface area (Å²) in [5.41, 5.74) is 13.4. The number of hydrogen-bond acceptors (Lipinski definition) is 8. The van der Waals surface area contributed by atoms with E-state index >= 15 is 0 Å². The number of rotatable bonds is 6. The number of benzene rings is 1. The van der Waals surface area contributed by atoms with Gasteiger partial charge in [0, 0.05) is 37.1 Å². The van der Waals surface area contributed by atoms with Gasteiger partial charge in [-0.15, -0.1) is 0 Å². The minimum absolute atomic E-state index is 0.0981. The Hall–Kier alpha value is -5.18. The molecule has 3 aromatic rings. The van der Waals surface area contributed by atoms with Gasteiger partial charge in [-0.3, -0.25) is 9.79 Å². The second-order valence-corrected chi connectivity index (χ2v) is 8.23. The van der Waals surface area contributed by atoms with Gasteiger partial charge in [0.25, 0.3) is 5.91 Å². The molecule has 4 rings (SSSR count). The van der Waals surface area contributed by atoms with Crippen LogP contribution in [0.3, 0.4) is 0 Å². The predicted octanol–water partition coefficient (Wildman–Crippen LogP) is 2.82. The zero-order valence-corrected chi connectivity index (χ0v) is 19.7. The summed E-state index contributed by atoms with van der Waals surface area (Å²) in [6, 6.07) is 12.6. The van der Waals surface area contributed by atoms with E-state index in [9.17, 15) is 14.7 Å². The van der Waals surface area contributed by atoms with Gasteiger partial charge in [0.2, 0.25) is 0 Å². The van der Waals surface area contributed by atoms with Crippen LogP contribution in [0, 0.1) is 11.3 Å². The van der Waals surface area contributed by atoms with Gasteiger partial charge < -0.3 is 31.5 Å². The van der Waals surface area contributed by atoms with Crippen LogP contribution < -0.4 is 21.5 Å². The van der Waals surface area contributed by atoms with Crippen LogP contribution >= 0.6 is 0 Å². The normalized spacial score (nSPS) is 15.5. The molecule has 3 heterocycles. The number of carbonyl (C=O) groups excluding carboxylic acids is 1. The molecule has 1 aliphatic heterocycles. The summed E-state index contributed by atoms with van der Waals surface area (Å²) in [6.45, 7) is 0.702. The first-order chi connectivity index (χ1) is 17.8. The van der Waals surface area contributed by atoms with Gasteiger partial charge in [0.05, 0.1) is 17.7 Å². The van der Waals surface area contributed by atoms with Crippen molar-refractivity contribution in [2.75, 3.05) is 24.1 Å². The third-order valence-corrected chi connectivity index (χ3v) is 5.66. The molecule has 1 aromatic carbocycles. The lowest BCUT2D eigenvalue weighted by atomic mass is 10.1. The van der Waals surface area contributed by atoms with E-state index in [1.807, 2.05) is 6.07 Å². The van der Waals surface area contributed by atoms with Gasteiger partial charge in [0.1, 0.15) is 34.5 Å². The number of aromatic nitrogens is 2. The third-order valence-electron chi connectivity index (χ3n) is 5.66. The van der Waals surface area contributed by atoms with E-state index in [4.69, 9.17) is 21.5 Å². The second-order valence-electron chi connectivity index (χ2n) is 8.23. The number of piperidine rings is 1. The number of amidine groups is 1. The van der Waals surface area contributed by atoms with Gasteiger partial charge in [-0.05, 0) is 49.2 Å². The first-order valence-corrected chi connectivity index (χ1v) is 11.4. The molecule has 12 heteroatoms. The van der Waals surface area contributed by atoms with Crippen molar-refractivity contribution in [1.82, 2.24) is 14.9 Å². The number of likely N-dealkylation sites (tertiary alicyclic amines) is 1. The van der Waals surface area contributed by atoms with Crippen molar-refractivity contribution in [1.29, 1.82) is 5.26 Å². The van der Waals surface area contributed by atoms with E-state index in [1.54, 1.807) is 36.4 Å². The lowest BCUT2D eigenvalue weighted by molar-refractivity contribution is 0.102. The summed E-state index contributed by atoms with van der Waals surface area (Å²) in [7, 11) is 0. The zero-order valence-electron chi connectivity index (χ0n) is 19.7. The van der Waals surface area contributed by atoms with Crippen LogP contribution in [-0.4, -0.2) is 56.9 Å². The molecule has 6 N–H and O–H groups in total. The second kappa shape index (κ2) is 11.0. The molecule has 0 spiro atoms. The number of nitrogen functional groups attached to an aromatic ring is 1. The highest BCUT2D eigenvalue weighted by atomic mass is 16.5. The number of ether oxygens (including phenoxy) is 1. The Kier molecular flexibility index (Phi) is 7.44. The minimum Gasteiger partial charge on any atom is -0.465 e. The Labute approximate surface area is 212 Å². The number of hydrogen-bond donors (Lipinski definition) is 4. The number of nitriles is 1. The molecule has 2 amide bonds. The van der Waals surface area contributed by atoms with E-state index in [-0.39, 0.29) is 30.1 Å². The number of amides is 2. The number of nitrogens with zero attached hydrogens (tertiary/aromatic N) is 5. The predicted molar refractivity (Wildman–Crippen MR) is 135 cm³/mol. The molecule has 1 saturated heterocycles. The maximum Gasteiger partial charge on any atom is 0.407 e. The van der Waals surface area contributed by atoms with Crippen LogP contribution in [0.25, 0.3) is 0 Å². The fraction of sp³-hybridized carbons (Fsp3) is 0.200. The molecule has 0 bridgehead atoms. The van der Waals surface area contributed by atoms with Crippen LogP contribution in [-0.2, 0) is 0 Å². The van der Waals surface area contributed by atoms with Crippen molar-refractivity contribution >= 4 is 29.5 Å². The average molecular weight is 501 g/mol. The summed E-state index contributed by atoms with van der Waals surface area (Å²) in [4.78, 5) is 37.8. The highest BCUT2D eigenvalue weighted by molar-refractivity contribution is 6.04. The molecule has 0 saturated carbocycles. The molecule has 1 aliphatic rings. The molecule has 2 aromatic heterocycles. The molecular weight excluding hydrogens is 476 g/mol. The van der Waals surface area contributed by atoms with Crippen molar-refractivity contribution in [3.63, 3.8) is 0 Å². The van der Waals surface area contributed by atoms with E-state index < -0.39 is 12.0 Å². The zero-order chi connectivity index (χ0) is 26.4. The maximum absolute atomic E-state index is 12.6. The third kappa shape index (κ3) is 6.09. The maximum atomic E-state index is 12.6. The summed E-state index contributed by atoms with van der Waals surface area (Å²) in [6.07, 6.45) is 3.29. The van der Waals surface area contributed by atoms with Crippen molar-refractivity contribution in [3.8, 4) is 17.6 Å². The molecule has 1 unspecified atom stereocenters. The Morgan fingerprint density at radius 3 is 2.68 bits per heavy atom. The monoisotopic (exact) mass is 500 g/mol. The number of pyridine rings is 2. The Morgan fingerprint density at radius 2 is 1.95 bits per heavy atom. The SMILES string of the molecule is N#Cc1ccnc(NC(=O)c2ccc(Oc3ccnc(N)c3C(N)=NC3CCCN(C(=O)O)C3)cc2)c1. The largest absolute Gasteiger partial charge is 0.465 e. The van der Waals surface area contributed by atoms with Crippen molar-refractivity contribution in [3.05, 3.63) is 71.5 Å². The standard InChI is InChI=1S/C25H24N8O4/c26-13-15-7-9-29-20(12-15)32-24(34)16-3-5-18(6-4-16)37-19-8-10-30-22(27)21(19)23(28)31-17-2-1-11-33(14-17)25(35)36/h3-10,12,17H,1-2,11,14H2,(H2,27,30)(H2,28,31)(H,35,36)(H,29,32,34). The van der Waals surface area contributed by atoms with Gasteiger partial charge in [-0.1, -0.05) is 0 Å². The summed E-state index contributed by atoms with van der Waals surface area (Å²) >= 11 is 0. The van der Waals surface area contributed by atoms with E-state index in [0.717, 1.165) is 0 Å². The molecule has 0 radical (unpaired) electrons. The molecule has 1 fully saturated rings. The Morgan fingerprint density at radius 1 is 1.19 bits per heavy atom. The van der Waals surface area contributed by atoms with Crippen LogP contribution in [0.5, 0.6) is 11.5 Å². The average Bonchev–Trinajstić information content (AvgIpc) is 2.89. The van der Waals surface area contributed by atoms with Gasteiger partial charge in [-0.25, -0.2) is 14.8 Å². The summed E-state index contributed by atoms with van der Waals surface area (Å²) in [5, 5.41) is 20.9. The first kappa shape index (κ1) is 24.9. The molecule has 37 heavy (non-hydrogen) atoms. The fourth-order valence-corrected chi connectivity index (χ4v) is 3.86. The highest BCUT2D eigenvalue weighted by Gasteiger charge is 2.24. The molecule has 188 valence electrons. The number of carbonyl (C=O) groups is 2. The number of anilines is 2. The fourth-order valence-electron chi connectivity index (χ4n) is 3.86. The van der Waals surface area contributed by atoms with Gasteiger partial charge in [0.15, 0.2) is 0 Å². The van der Waals surface area contributed by atoms with Crippen LogP contribution in [0.1, 0.15) is 34.3 Å². The minimum atomic E-state index is -0.993. The Balaban J connectivity index is 1.49. The molecule has 0 aliphatic carbocycles. The molecular formula is C25H24N8O4. The highest BCUT2D eigenvalue weighted by Crippen LogP contribution is 2.29. The molecule has 1 atom stereocenters. The first-order valence-electron chi connectivity index (χ1n) is 11.4. The number of nitrogens with two attached hydrogens (primary N) is 2. The summed E-state index contributed by atoms with van der Waals surface area (Å²) in [5.74, 6) is 0.807. The molecule has 12 nitrogen and oxygen atoms in total. The quantitative estimate of drug-likeness (QED) is 0.291. The smallest absolute Gasteiger partial charge is 0.407 e. The lowest BCUT2D eigenvalue weighted by Gasteiger charge is -2.28. The Bertz CT molecular complexity index is 1380. The van der Waals surface area contributed by atoms with Crippen molar-refractivity contribution in [2.24, 2.45) is 10.7 Å². The number of nitrogens with one attached hydrogen (secondary N) is 1. The van der Waals surface area contributed by atoms with Crippen LogP contribution in [0.15, 0.2) is 59.9 Å². The number of carboxylic acid groups (broad SMARTS) is 1. The lowest BCUT2D eigenvalue weighted by Crippen LogP contribution is -2.41. The van der Waals surface area contributed by atoms with Gasteiger partial charge >= 0.3 is 6.09 Å². The van der Waals surface area contributed by atoms with Crippen LogP contribution in [0.4, 0.5) is 16.4 Å². The van der Waals surface area contributed by atoms with Crippen molar-refractivity contribution < 1.29 is 19.4 Å². The van der Waals surface area contributed by atoms with Crippen molar-refractivity contribution in [2.45, 2.75) is 18.9 Å². The van der Waals surface area contributed by atoms with E-state index in [2.05, 4.69) is 20.3 Å². The summed E-state index contributed by atoms with van der Waals surface area (Å²) < 4.78 is 5.98. The topological polar surface area (TPSA) is 193 Å². The van der Waals surface area contributed by atoms with E-state index in [1.165, 1.54) is 23.4 Å².